The highest BCUT2D eigenvalue weighted by molar-refractivity contribution is 5.83. The van der Waals surface area contributed by atoms with Crippen molar-refractivity contribution >= 4 is 11.8 Å². The molecule has 1 atom stereocenters. The molecular weight excluding hydrogens is 290 g/mol. The summed E-state index contributed by atoms with van der Waals surface area (Å²) in [6.45, 7) is 5.05. The van der Waals surface area contributed by atoms with Gasteiger partial charge in [0.05, 0.1) is 0 Å². The van der Waals surface area contributed by atoms with Gasteiger partial charge in [0.25, 0.3) is 0 Å². The highest BCUT2D eigenvalue weighted by atomic mass is 16.4. The van der Waals surface area contributed by atoms with Crippen molar-refractivity contribution in [2.45, 2.75) is 32.1 Å². The van der Waals surface area contributed by atoms with E-state index in [0.717, 1.165) is 29.3 Å². The number of aryl methyl sites for hydroxylation is 2. The average molecular weight is 311 g/mol. The van der Waals surface area contributed by atoms with Crippen LogP contribution in [0.5, 0.6) is 0 Å². The van der Waals surface area contributed by atoms with Crippen LogP contribution in [0.15, 0.2) is 36.4 Å². The fraction of sp³-hybridized carbons (Fsp3) is 0.389. The predicted octanol–water partition coefficient (Wildman–Crippen LogP) is 2.58. The molecule has 1 aliphatic heterocycles. The monoisotopic (exact) mass is 311 g/mol. The molecule has 1 saturated heterocycles. The Kier molecular flexibility index (Phi) is 4.03. The van der Waals surface area contributed by atoms with E-state index >= 15 is 0 Å². The number of hydrogen-bond donors (Lipinski definition) is 1. The molecule has 0 radical (unpaired) electrons. The lowest BCUT2D eigenvalue weighted by Gasteiger charge is -2.26. The molecule has 2 aromatic rings. The van der Waals surface area contributed by atoms with Gasteiger partial charge in [0.1, 0.15) is 17.1 Å². The summed E-state index contributed by atoms with van der Waals surface area (Å²) in [6, 6.07) is 11.5. The molecule has 1 N–H and O–H groups in total. The van der Waals surface area contributed by atoms with Crippen LogP contribution in [0.3, 0.4) is 0 Å². The van der Waals surface area contributed by atoms with Crippen LogP contribution in [-0.2, 0) is 16.6 Å². The van der Waals surface area contributed by atoms with Crippen LogP contribution < -0.4 is 4.90 Å². The third-order valence-electron chi connectivity index (χ3n) is 4.57. The molecule has 5 heteroatoms. The number of hydrogen-bond acceptors (Lipinski definition) is 4. The van der Waals surface area contributed by atoms with Gasteiger partial charge in [-0.2, -0.15) is 0 Å². The van der Waals surface area contributed by atoms with Crippen LogP contribution in [0.25, 0.3) is 0 Å². The Bertz CT molecular complexity index is 717. The first-order chi connectivity index (χ1) is 11.0. The zero-order valence-corrected chi connectivity index (χ0v) is 13.5. The van der Waals surface area contributed by atoms with Gasteiger partial charge in [-0.3, -0.25) is 4.79 Å². The van der Waals surface area contributed by atoms with E-state index in [4.69, 9.17) is 0 Å². The smallest absolute Gasteiger partial charge is 0.316 e. The van der Waals surface area contributed by atoms with E-state index in [1.165, 1.54) is 0 Å². The number of benzene rings is 1. The molecule has 120 valence electrons. The second-order valence-electron chi connectivity index (χ2n) is 6.04. The van der Waals surface area contributed by atoms with Crippen molar-refractivity contribution in [2.24, 2.45) is 0 Å². The van der Waals surface area contributed by atoms with Gasteiger partial charge in [-0.05, 0) is 25.3 Å². The third-order valence-corrected chi connectivity index (χ3v) is 4.57. The number of carboxylic acids is 1. The molecule has 1 fully saturated rings. The van der Waals surface area contributed by atoms with E-state index < -0.39 is 11.4 Å². The van der Waals surface area contributed by atoms with E-state index in [1.54, 1.807) is 0 Å². The Hall–Kier alpha value is -2.43. The van der Waals surface area contributed by atoms with Crippen LogP contribution >= 0.6 is 0 Å². The molecule has 3 rings (SSSR count). The average Bonchev–Trinajstić information content (AvgIpc) is 3.02. The molecule has 23 heavy (non-hydrogen) atoms. The minimum Gasteiger partial charge on any atom is -0.481 e. The van der Waals surface area contributed by atoms with Crippen LogP contribution in [0, 0.1) is 6.92 Å². The number of carbonyl (C=O) groups is 1. The minimum absolute atomic E-state index is 0.436. The largest absolute Gasteiger partial charge is 0.481 e. The summed E-state index contributed by atoms with van der Waals surface area (Å²) in [4.78, 5) is 23.0. The van der Waals surface area contributed by atoms with Crippen molar-refractivity contribution in [3.8, 4) is 0 Å². The summed E-state index contributed by atoms with van der Waals surface area (Å²) in [5.41, 5.74) is 0.975. The molecule has 1 aromatic heterocycles. The fourth-order valence-electron chi connectivity index (χ4n) is 3.25. The summed E-state index contributed by atoms with van der Waals surface area (Å²) in [5.74, 6) is 0.785. The van der Waals surface area contributed by atoms with Crippen LogP contribution in [0.2, 0.25) is 0 Å². The molecule has 0 aliphatic carbocycles. The number of anilines is 1. The normalized spacial score (nSPS) is 20.7. The van der Waals surface area contributed by atoms with Gasteiger partial charge in [-0.1, -0.05) is 37.3 Å². The molecule has 5 nitrogen and oxygen atoms in total. The standard InChI is InChI=1S/C18H21N3O2/c1-3-15-11-16(20-13(2)19-15)21-10-9-18(12-21,17(22)23)14-7-5-4-6-8-14/h4-8,11H,3,9-10,12H2,1-2H3,(H,22,23)/t18-/m1/s1. The molecule has 0 unspecified atom stereocenters. The quantitative estimate of drug-likeness (QED) is 0.940. The Morgan fingerprint density at radius 3 is 2.70 bits per heavy atom. The van der Waals surface area contributed by atoms with Crippen molar-refractivity contribution in [2.75, 3.05) is 18.0 Å². The highest BCUT2D eigenvalue weighted by Gasteiger charge is 2.46. The molecule has 0 bridgehead atoms. The maximum atomic E-state index is 12.0. The van der Waals surface area contributed by atoms with Crippen LogP contribution in [-0.4, -0.2) is 34.1 Å². The van der Waals surface area contributed by atoms with Gasteiger partial charge in [0, 0.05) is 24.8 Å². The fourth-order valence-corrected chi connectivity index (χ4v) is 3.25. The van der Waals surface area contributed by atoms with E-state index in [0.29, 0.717) is 19.5 Å². The van der Waals surface area contributed by atoms with Gasteiger partial charge < -0.3 is 10.0 Å². The second kappa shape index (κ2) is 5.99. The van der Waals surface area contributed by atoms with Crippen LogP contribution in [0.1, 0.15) is 30.4 Å². The lowest BCUT2D eigenvalue weighted by molar-refractivity contribution is -0.143. The van der Waals surface area contributed by atoms with Gasteiger partial charge in [0.2, 0.25) is 0 Å². The first-order valence-corrected chi connectivity index (χ1v) is 7.93. The molecular formula is C18H21N3O2. The molecule has 0 amide bonds. The minimum atomic E-state index is -0.869. The third kappa shape index (κ3) is 2.79. The lowest BCUT2D eigenvalue weighted by atomic mass is 9.80. The Labute approximate surface area is 136 Å². The first kappa shape index (κ1) is 15.5. The van der Waals surface area contributed by atoms with Gasteiger partial charge in [-0.15, -0.1) is 0 Å². The SMILES string of the molecule is CCc1cc(N2CC[C@](C(=O)O)(c3ccccc3)C2)nc(C)n1. The maximum absolute atomic E-state index is 12.0. The molecule has 0 spiro atoms. The predicted molar refractivity (Wildman–Crippen MR) is 88.7 cm³/mol. The summed E-state index contributed by atoms with van der Waals surface area (Å²) in [7, 11) is 0. The molecule has 0 saturated carbocycles. The van der Waals surface area contributed by atoms with Crippen LogP contribution in [0.4, 0.5) is 5.82 Å². The number of rotatable bonds is 4. The van der Waals surface area contributed by atoms with Gasteiger partial charge in [-0.25, -0.2) is 9.97 Å². The number of carboxylic acid groups (broad SMARTS) is 1. The summed E-state index contributed by atoms with van der Waals surface area (Å²) < 4.78 is 0. The first-order valence-electron chi connectivity index (χ1n) is 7.93. The van der Waals surface area contributed by atoms with E-state index in [-0.39, 0.29) is 0 Å². The number of nitrogens with zero attached hydrogens (tertiary/aromatic N) is 3. The highest BCUT2D eigenvalue weighted by Crippen LogP contribution is 2.36. The Morgan fingerprint density at radius 2 is 2.04 bits per heavy atom. The lowest BCUT2D eigenvalue weighted by Crippen LogP contribution is -2.39. The van der Waals surface area contributed by atoms with E-state index in [2.05, 4.69) is 21.8 Å². The van der Waals surface area contributed by atoms with Crippen molar-refractivity contribution in [1.29, 1.82) is 0 Å². The maximum Gasteiger partial charge on any atom is 0.316 e. The van der Waals surface area contributed by atoms with Crippen molar-refractivity contribution in [1.82, 2.24) is 9.97 Å². The van der Waals surface area contributed by atoms with Gasteiger partial charge in [0.15, 0.2) is 0 Å². The molecule has 1 aromatic carbocycles. The zero-order valence-electron chi connectivity index (χ0n) is 13.5. The number of aromatic nitrogens is 2. The number of aliphatic carboxylic acids is 1. The zero-order chi connectivity index (χ0) is 16.4. The summed E-state index contributed by atoms with van der Waals surface area (Å²) in [5, 5.41) is 9.88. The second-order valence-corrected chi connectivity index (χ2v) is 6.04. The Balaban J connectivity index is 1.95. The van der Waals surface area contributed by atoms with Crippen molar-refractivity contribution < 1.29 is 9.90 Å². The topological polar surface area (TPSA) is 66.3 Å². The van der Waals surface area contributed by atoms with E-state index in [1.807, 2.05) is 43.3 Å². The van der Waals surface area contributed by atoms with E-state index in [9.17, 15) is 9.90 Å². The van der Waals surface area contributed by atoms with Crippen molar-refractivity contribution in [3.63, 3.8) is 0 Å². The summed E-state index contributed by atoms with van der Waals surface area (Å²) >= 11 is 0. The van der Waals surface area contributed by atoms with Gasteiger partial charge >= 0.3 is 5.97 Å². The molecule has 2 heterocycles. The Morgan fingerprint density at radius 1 is 1.30 bits per heavy atom. The molecule has 1 aliphatic rings. The summed E-state index contributed by atoms with van der Waals surface area (Å²) in [6.07, 6.45) is 1.42. The van der Waals surface area contributed by atoms with Crippen molar-refractivity contribution in [3.05, 3.63) is 53.5 Å².